The van der Waals surface area contributed by atoms with Crippen molar-refractivity contribution in [3.63, 3.8) is 0 Å². The third-order valence-corrected chi connectivity index (χ3v) is 3.97. The Morgan fingerprint density at radius 3 is 2.95 bits per heavy atom. The van der Waals surface area contributed by atoms with Gasteiger partial charge in [0.2, 0.25) is 0 Å². The summed E-state index contributed by atoms with van der Waals surface area (Å²) in [7, 11) is 0. The van der Waals surface area contributed by atoms with Crippen LogP contribution in [0.3, 0.4) is 0 Å². The number of rotatable bonds is 2. The summed E-state index contributed by atoms with van der Waals surface area (Å²) in [6.45, 7) is 2.86. The number of fused-ring (bicyclic) bond motifs is 1. The summed E-state index contributed by atoms with van der Waals surface area (Å²) in [5.41, 5.74) is 10.6. The van der Waals surface area contributed by atoms with E-state index in [1.54, 1.807) is 0 Å². The molecule has 19 heavy (non-hydrogen) atoms. The van der Waals surface area contributed by atoms with Crippen LogP contribution in [0.5, 0.6) is 0 Å². The molecule has 1 aliphatic carbocycles. The van der Waals surface area contributed by atoms with Gasteiger partial charge in [-0.1, -0.05) is 24.3 Å². The molecule has 1 aromatic carbocycles. The molecule has 0 fully saturated rings. The molecule has 0 bridgehead atoms. The van der Waals surface area contributed by atoms with Crippen LogP contribution in [0.25, 0.3) is 11.4 Å². The molecule has 1 atom stereocenters. The lowest BCUT2D eigenvalue weighted by atomic mass is 9.87. The third-order valence-electron chi connectivity index (χ3n) is 3.97. The van der Waals surface area contributed by atoms with Gasteiger partial charge in [-0.25, -0.2) is 9.97 Å². The Morgan fingerprint density at radius 2 is 2.16 bits per heavy atom. The molecule has 2 N–H and O–H groups in total. The van der Waals surface area contributed by atoms with E-state index in [0.29, 0.717) is 5.92 Å². The van der Waals surface area contributed by atoms with Crippen LogP contribution in [0.4, 0.5) is 0 Å². The van der Waals surface area contributed by atoms with E-state index >= 15 is 0 Å². The molecule has 1 aliphatic rings. The van der Waals surface area contributed by atoms with Crippen LogP contribution in [-0.2, 0) is 12.8 Å². The second-order valence-electron chi connectivity index (χ2n) is 5.32. The lowest BCUT2D eigenvalue weighted by molar-refractivity contribution is 0.462. The van der Waals surface area contributed by atoms with Crippen molar-refractivity contribution in [2.75, 3.05) is 6.54 Å². The zero-order valence-corrected chi connectivity index (χ0v) is 11.3. The lowest BCUT2D eigenvalue weighted by Crippen LogP contribution is -2.23. The first kappa shape index (κ1) is 12.3. The maximum atomic E-state index is 5.76. The topological polar surface area (TPSA) is 51.8 Å². The summed E-state index contributed by atoms with van der Waals surface area (Å²) in [5, 5.41) is 0. The van der Waals surface area contributed by atoms with E-state index in [9.17, 15) is 0 Å². The van der Waals surface area contributed by atoms with Crippen molar-refractivity contribution in [1.82, 2.24) is 9.97 Å². The normalized spacial score (nSPS) is 18.1. The largest absolute Gasteiger partial charge is 0.330 e. The van der Waals surface area contributed by atoms with Crippen LogP contribution in [0.1, 0.15) is 23.2 Å². The van der Waals surface area contributed by atoms with E-state index < -0.39 is 0 Å². The minimum atomic E-state index is 0.598. The molecule has 3 heteroatoms. The van der Waals surface area contributed by atoms with Crippen molar-refractivity contribution in [2.45, 2.75) is 26.2 Å². The fourth-order valence-electron chi connectivity index (χ4n) is 2.74. The van der Waals surface area contributed by atoms with Crippen LogP contribution in [0, 0.1) is 12.8 Å². The van der Waals surface area contributed by atoms with Crippen molar-refractivity contribution in [3.05, 3.63) is 47.3 Å². The Balaban J connectivity index is 1.97. The molecule has 0 saturated carbocycles. The van der Waals surface area contributed by atoms with Crippen molar-refractivity contribution in [1.29, 1.82) is 0 Å². The number of aromatic nitrogens is 2. The minimum Gasteiger partial charge on any atom is -0.330 e. The second kappa shape index (κ2) is 5.10. The first-order chi connectivity index (χ1) is 9.28. The fraction of sp³-hybridized carbons (Fsp3) is 0.375. The predicted octanol–water partition coefficient (Wildman–Crippen LogP) is 2.52. The Labute approximate surface area is 113 Å². The number of hydrogen-bond donors (Lipinski definition) is 1. The van der Waals surface area contributed by atoms with Crippen molar-refractivity contribution < 1.29 is 0 Å². The van der Waals surface area contributed by atoms with E-state index in [1.165, 1.54) is 16.8 Å². The van der Waals surface area contributed by atoms with Gasteiger partial charge in [0.1, 0.15) is 0 Å². The lowest BCUT2D eigenvalue weighted by Gasteiger charge is -2.22. The molecule has 3 nitrogen and oxygen atoms in total. The van der Waals surface area contributed by atoms with Gasteiger partial charge in [0.25, 0.3) is 0 Å². The van der Waals surface area contributed by atoms with Gasteiger partial charge in [0.05, 0.1) is 0 Å². The van der Waals surface area contributed by atoms with Gasteiger partial charge < -0.3 is 5.73 Å². The molecular formula is C16H19N3. The smallest absolute Gasteiger partial charge is 0.159 e. The van der Waals surface area contributed by atoms with Crippen LogP contribution in [-0.4, -0.2) is 16.5 Å². The quantitative estimate of drug-likeness (QED) is 0.894. The van der Waals surface area contributed by atoms with E-state index in [2.05, 4.69) is 24.0 Å². The SMILES string of the molecule is Cc1ccccc1-c1ncc2c(n1)CCC(CN)C2. The molecule has 3 rings (SSSR count). The number of nitrogens with two attached hydrogens (primary N) is 1. The van der Waals surface area contributed by atoms with Crippen LogP contribution in [0.2, 0.25) is 0 Å². The highest BCUT2D eigenvalue weighted by molar-refractivity contribution is 5.59. The van der Waals surface area contributed by atoms with E-state index in [0.717, 1.165) is 37.2 Å². The van der Waals surface area contributed by atoms with Gasteiger partial charge in [0, 0.05) is 17.5 Å². The first-order valence-electron chi connectivity index (χ1n) is 6.89. The molecule has 1 aromatic heterocycles. The van der Waals surface area contributed by atoms with Crippen molar-refractivity contribution >= 4 is 0 Å². The number of hydrogen-bond acceptors (Lipinski definition) is 3. The van der Waals surface area contributed by atoms with Gasteiger partial charge >= 0.3 is 0 Å². The third kappa shape index (κ3) is 2.38. The zero-order chi connectivity index (χ0) is 13.2. The summed E-state index contributed by atoms with van der Waals surface area (Å²) in [6.07, 6.45) is 5.19. The van der Waals surface area contributed by atoms with Gasteiger partial charge in [0.15, 0.2) is 5.82 Å². The van der Waals surface area contributed by atoms with E-state index in [4.69, 9.17) is 10.7 Å². The molecule has 0 aliphatic heterocycles. The summed E-state index contributed by atoms with van der Waals surface area (Å²) in [6, 6.07) is 8.27. The maximum Gasteiger partial charge on any atom is 0.159 e. The average Bonchev–Trinajstić information content (AvgIpc) is 2.46. The highest BCUT2D eigenvalue weighted by atomic mass is 14.9. The number of benzene rings is 1. The fourth-order valence-corrected chi connectivity index (χ4v) is 2.74. The maximum absolute atomic E-state index is 5.76. The van der Waals surface area contributed by atoms with Gasteiger partial charge in [-0.05, 0) is 49.8 Å². The predicted molar refractivity (Wildman–Crippen MR) is 76.8 cm³/mol. The molecular weight excluding hydrogens is 234 g/mol. The van der Waals surface area contributed by atoms with Crippen LogP contribution in [0.15, 0.2) is 30.5 Å². The average molecular weight is 253 g/mol. The molecule has 0 amide bonds. The zero-order valence-electron chi connectivity index (χ0n) is 11.3. The van der Waals surface area contributed by atoms with Crippen molar-refractivity contribution in [2.24, 2.45) is 11.7 Å². The van der Waals surface area contributed by atoms with Crippen molar-refractivity contribution in [3.8, 4) is 11.4 Å². The highest BCUT2D eigenvalue weighted by Gasteiger charge is 2.19. The Bertz CT molecular complexity index is 592. The summed E-state index contributed by atoms with van der Waals surface area (Å²) in [5.74, 6) is 1.45. The number of nitrogens with zero attached hydrogens (tertiary/aromatic N) is 2. The monoisotopic (exact) mass is 253 g/mol. The van der Waals surface area contributed by atoms with E-state index in [1.807, 2.05) is 18.3 Å². The Kier molecular flexibility index (Phi) is 3.30. The Hall–Kier alpha value is -1.74. The minimum absolute atomic E-state index is 0.598. The van der Waals surface area contributed by atoms with Gasteiger partial charge in [-0.3, -0.25) is 0 Å². The molecule has 0 radical (unpaired) electrons. The first-order valence-corrected chi connectivity index (χ1v) is 6.89. The molecule has 98 valence electrons. The second-order valence-corrected chi connectivity index (χ2v) is 5.32. The number of aryl methyl sites for hydroxylation is 2. The van der Waals surface area contributed by atoms with Gasteiger partial charge in [-0.15, -0.1) is 0 Å². The molecule has 0 spiro atoms. The molecule has 1 unspecified atom stereocenters. The standard InChI is InChI=1S/C16H19N3/c1-11-4-2-3-5-14(11)16-18-10-13-8-12(9-17)6-7-15(13)19-16/h2-5,10,12H,6-9,17H2,1H3. The molecule has 1 heterocycles. The van der Waals surface area contributed by atoms with Gasteiger partial charge in [-0.2, -0.15) is 0 Å². The van der Waals surface area contributed by atoms with E-state index in [-0.39, 0.29) is 0 Å². The molecule has 2 aromatic rings. The van der Waals surface area contributed by atoms with Crippen LogP contribution < -0.4 is 5.73 Å². The summed E-state index contributed by atoms with van der Waals surface area (Å²) < 4.78 is 0. The summed E-state index contributed by atoms with van der Waals surface area (Å²) >= 11 is 0. The highest BCUT2D eigenvalue weighted by Crippen LogP contribution is 2.26. The summed E-state index contributed by atoms with van der Waals surface area (Å²) in [4.78, 5) is 9.30. The Morgan fingerprint density at radius 1 is 1.32 bits per heavy atom. The molecule has 0 saturated heterocycles. The van der Waals surface area contributed by atoms with Crippen LogP contribution >= 0.6 is 0 Å².